The maximum atomic E-state index is 13.7. The first kappa shape index (κ1) is 32.9. The van der Waals surface area contributed by atoms with Gasteiger partial charge in [-0.05, 0) is 65.8 Å². The Morgan fingerprint density at radius 3 is 1.95 bits per heavy atom. The molecule has 0 aromatic heterocycles. The van der Waals surface area contributed by atoms with Gasteiger partial charge in [0.15, 0.2) is 0 Å². The van der Waals surface area contributed by atoms with Crippen LogP contribution in [0.25, 0.3) is 0 Å². The first-order valence-corrected chi connectivity index (χ1v) is 12.2. The Kier molecular flexibility index (Phi) is 11.8. The highest BCUT2D eigenvalue weighted by molar-refractivity contribution is 5.91. The predicted molar refractivity (Wildman–Crippen MR) is 141 cm³/mol. The van der Waals surface area contributed by atoms with Crippen molar-refractivity contribution in [2.75, 3.05) is 27.2 Å². The number of alkyl halides is 3. The van der Waals surface area contributed by atoms with Gasteiger partial charge in [0.2, 0.25) is 11.8 Å². The molecule has 2 amide bonds. The van der Waals surface area contributed by atoms with Crippen molar-refractivity contribution in [3.05, 3.63) is 59.7 Å². The van der Waals surface area contributed by atoms with Crippen LogP contribution in [-0.2, 0) is 31.7 Å². The maximum Gasteiger partial charge on any atom is 0.416 e. The molecule has 0 spiro atoms. The quantitative estimate of drug-likeness (QED) is 0.315. The van der Waals surface area contributed by atoms with E-state index in [9.17, 15) is 27.6 Å². The zero-order valence-electron chi connectivity index (χ0n) is 23.4. The summed E-state index contributed by atoms with van der Waals surface area (Å²) in [6, 6.07) is 2.62. The van der Waals surface area contributed by atoms with Crippen LogP contribution >= 0.6 is 0 Å². The molecule has 2 atom stereocenters. The molecule has 1 N–H and O–H groups in total. The van der Waals surface area contributed by atoms with E-state index in [-0.39, 0.29) is 19.5 Å². The number of benzene rings is 1. The molecule has 212 valence electrons. The lowest BCUT2D eigenvalue weighted by molar-refractivity contribution is -0.159. The highest BCUT2D eigenvalue weighted by Crippen LogP contribution is 2.29. The summed E-state index contributed by atoms with van der Waals surface area (Å²) in [6.45, 7) is 16.0. The highest BCUT2D eigenvalue weighted by atomic mass is 19.4. The molecule has 38 heavy (non-hydrogen) atoms. The van der Waals surface area contributed by atoms with Gasteiger partial charge in [0.05, 0.1) is 11.6 Å². The Morgan fingerprint density at radius 1 is 0.974 bits per heavy atom. The van der Waals surface area contributed by atoms with Crippen LogP contribution in [0.1, 0.15) is 52.2 Å². The molecule has 0 aliphatic carbocycles. The van der Waals surface area contributed by atoms with Gasteiger partial charge in [0.25, 0.3) is 0 Å². The number of carbonyl (C=O) groups is 3. The van der Waals surface area contributed by atoms with Gasteiger partial charge in [-0.15, -0.1) is 6.58 Å². The third kappa shape index (κ3) is 10.7. The number of amides is 2. The van der Waals surface area contributed by atoms with Crippen LogP contribution in [0.2, 0.25) is 0 Å². The summed E-state index contributed by atoms with van der Waals surface area (Å²) < 4.78 is 44.6. The van der Waals surface area contributed by atoms with Crippen molar-refractivity contribution in [3.8, 4) is 0 Å². The van der Waals surface area contributed by atoms with Crippen LogP contribution < -0.4 is 5.32 Å². The summed E-state index contributed by atoms with van der Waals surface area (Å²) in [5.41, 5.74) is 0.190. The van der Waals surface area contributed by atoms with Gasteiger partial charge in [0.1, 0.15) is 18.2 Å². The van der Waals surface area contributed by atoms with Crippen molar-refractivity contribution in [2.45, 2.75) is 71.3 Å². The molecule has 0 heterocycles. The van der Waals surface area contributed by atoms with E-state index in [1.807, 2.05) is 0 Å². The summed E-state index contributed by atoms with van der Waals surface area (Å²) in [5.74, 6) is -1.58. The van der Waals surface area contributed by atoms with E-state index in [1.165, 1.54) is 24.1 Å². The van der Waals surface area contributed by atoms with Gasteiger partial charge >= 0.3 is 12.1 Å². The minimum absolute atomic E-state index is 0.0323. The van der Waals surface area contributed by atoms with E-state index in [0.717, 1.165) is 22.6 Å². The van der Waals surface area contributed by atoms with Crippen molar-refractivity contribution >= 4 is 17.8 Å². The third-order valence-electron chi connectivity index (χ3n) is 5.46. The Labute approximate surface area is 223 Å². The maximum absolute atomic E-state index is 13.7. The summed E-state index contributed by atoms with van der Waals surface area (Å²) in [5, 5.41) is 2.95. The van der Waals surface area contributed by atoms with Crippen LogP contribution in [0, 0.1) is 0 Å². The van der Waals surface area contributed by atoms with Gasteiger partial charge in [0, 0.05) is 20.0 Å². The topological polar surface area (TPSA) is 79.0 Å². The first-order valence-electron chi connectivity index (χ1n) is 12.2. The second-order valence-electron chi connectivity index (χ2n) is 10.6. The van der Waals surface area contributed by atoms with Crippen molar-refractivity contribution in [1.29, 1.82) is 0 Å². The fourth-order valence-corrected chi connectivity index (χ4v) is 3.78. The van der Waals surface area contributed by atoms with Crippen LogP contribution in [-0.4, -0.2) is 72.5 Å². The highest BCUT2D eigenvalue weighted by Gasteiger charge is 2.36. The zero-order valence-corrected chi connectivity index (χ0v) is 23.4. The van der Waals surface area contributed by atoms with Gasteiger partial charge in [-0.3, -0.25) is 14.4 Å². The normalized spacial score (nSPS) is 13.3. The average Bonchev–Trinajstić information content (AvgIpc) is 2.76. The molecular formula is C28H40F3N3O4. The van der Waals surface area contributed by atoms with E-state index in [2.05, 4.69) is 18.5 Å². The smallest absolute Gasteiger partial charge is 0.416 e. The number of hydrogen-bond donors (Lipinski definition) is 1. The monoisotopic (exact) mass is 539 g/mol. The molecule has 0 aliphatic rings. The summed E-state index contributed by atoms with van der Waals surface area (Å²) in [6.07, 6.45) is -4.26. The first-order chi connectivity index (χ1) is 17.4. The van der Waals surface area contributed by atoms with Crippen molar-refractivity contribution in [1.82, 2.24) is 15.1 Å². The Balaban J connectivity index is 3.47. The molecule has 1 rings (SSSR count). The molecule has 7 nitrogen and oxygen atoms in total. The summed E-state index contributed by atoms with van der Waals surface area (Å²) in [4.78, 5) is 42.3. The largest absolute Gasteiger partial charge is 0.459 e. The Bertz CT molecular complexity index is 1010. The lowest BCUT2D eigenvalue weighted by Crippen LogP contribution is -2.56. The second kappa shape index (κ2) is 13.6. The lowest BCUT2D eigenvalue weighted by atomic mass is 9.99. The molecular weight excluding hydrogens is 499 g/mol. The number of nitrogens with one attached hydrogen (secondary N) is 1. The number of likely N-dealkylation sites (N-methyl/N-ethyl adjacent to an activating group) is 2. The SMILES string of the molecule is C=C(C)C[C@H](NC)C(=O)N(CC(=C)C)[C@@H](Cc1ccc(C(F)(F)F)cc1)C(=O)N(C)CC(=O)OC(C)(C)C. The third-order valence-corrected chi connectivity index (χ3v) is 5.46. The molecule has 0 saturated heterocycles. The molecule has 0 fully saturated rings. The minimum Gasteiger partial charge on any atom is -0.459 e. The lowest BCUT2D eigenvalue weighted by Gasteiger charge is -2.36. The molecule has 0 bridgehead atoms. The van der Waals surface area contributed by atoms with Gasteiger partial charge < -0.3 is 19.9 Å². The number of carbonyl (C=O) groups excluding carboxylic acids is 3. The standard InChI is InChI=1S/C28H40F3N3O4/c1-18(2)14-22(32-8)25(36)34(16-19(3)4)23(15-20-10-12-21(13-11-20)28(29,30)31)26(37)33(9)17-24(35)38-27(5,6)7/h10-13,22-23,32H,1,3,14-17H2,2,4-9H3/t22-,23-/m0/s1. The molecule has 0 radical (unpaired) electrons. The van der Waals surface area contributed by atoms with Crippen molar-refractivity contribution in [3.63, 3.8) is 0 Å². The van der Waals surface area contributed by atoms with E-state index in [1.54, 1.807) is 41.7 Å². The average molecular weight is 540 g/mol. The van der Waals surface area contributed by atoms with E-state index < -0.39 is 47.2 Å². The van der Waals surface area contributed by atoms with E-state index in [0.29, 0.717) is 17.6 Å². The second-order valence-corrected chi connectivity index (χ2v) is 10.6. The number of nitrogens with zero attached hydrogens (tertiary/aromatic N) is 2. The Hall–Kier alpha value is -3.14. The summed E-state index contributed by atoms with van der Waals surface area (Å²) >= 11 is 0. The van der Waals surface area contributed by atoms with Crippen molar-refractivity contribution in [2.24, 2.45) is 0 Å². The molecule has 10 heteroatoms. The number of esters is 1. The predicted octanol–water partition coefficient (Wildman–Crippen LogP) is 4.38. The van der Waals surface area contributed by atoms with Crippen LogP contribution in [0.4, 0.5) is 13.2 Å². The molecule has 1 aromatic carbocycles. The Morgan fingerprint density at radius 2 is 1.53 bits per heavy atom. The number of ether oxygens (including phenoxy) is 1. The summed E-state index contributed by atoms with van der Waals surface area (Å²) in [7, 11) is 3.03. The molecule has 1 aromatic rings. The van der Waals surface area contributed by atoms with Crippen LogP contribution in [0.5, 0.6) is 0 Å². The van der Waals surface area contributed by atoms with Crippen molar-refractivity contribution < 1.29 is 32.3 Å². The number of halogens is 3. The zero-order chi connectivity index (χ0) is 29.4. The molecule has 0 unspecified atom stereocenters. The fourth-order valence-electron chi connectivity index (χ4n) is 3.78. The van der Waals surface area contributed by atoms with Crippen LogP contribution in [0.15, 0.2) is 48.6 Å². The van der Waals surface area contributed by atoms with Crippen LogP contribution in [0.3, 0.4) is 0 Å². The van der Waals surface area contributed by atoms with Gasteiger partial charge in [-0.2, -0.15) is 13.2 Å². The fraction of sp³-hybridized carbons (Fsp3) is 0.536. The molecule has 0 saturated carbocycles. The van der Waals surface area contributed by atoms with E-state index >= 15 is 0 Å². The van der Waals surface area contributed by atoms with Gasteiger partial charge in [-0.1, -0.05) is 29.9 Å². The minimum atomic E-state index is -4.51. The number of hydrogen-bond acceptors (Lipinski definition) is 5. The van der Waals surface area contributed by atoms with E-state index in [4.69, 9.17) is 4.74 Å². The van der Waals surface area contributed by atoms with Gasteiger partial charge in [-0.25, -0.2) is 0 Å². The number of rotatable bonds is 12. The molecule has 0 aliphatic heterocycles.